The third-order valence-electron chi connectivity index (χ3n) is 6.02. The zero-order valence-corrected chi connectivity index (χ0v) is 18.3. The molecule has 0 aliphatic carbocycles. The first-order valence-corrected chi connectivity index (χ1v) is 11.5. The Bertz CT molecular complexity index is 1520. The van der Waals surface area contributed by atoms with Gasteiger partial charge < -0.3 is 10.3 Å². The van der Waals surface area contributed by atoms with Crippen molar-refractivity contribution < 1.29 is 4.79 Å². The average molecular weight is 440 g/mol. The van der Waals surface area contributed by atoms with Crippen LogP contribution in [0.3, 0.4) is 0 Å². The SMILES string of the molecule is CC(=O)c1ccc(-c2cncc3[nH]c(-c4n[nH]c5ccc(C6=CCNCC6)cc45)cc23)s1. The molecule has 1 aliphatic heterocycles. The molecule has 0 bridgehead atoms. The second-order valence-electron chi connectivity index (χ2n) is 8.07. The van der Waals surface area contributed by atoms with Crippen LogP contribution in [-0.4, -0.2) is 39.0 Å². The van der Waals surface area contributed by atoms with Gasteiger partial charge in [0.1, 0.15) is 5.69 Å². The number of nitrogens with one attached hydrogen (secondary N) is 3. The maximum absolute atomic E-state index is 11.7. The molecule has 3 N–H and O–H groups in total. The Hall–Kier alpha value is -3.55. The lowest BCUT2D eigenvalue weighted by Crippen LogP contribution is -2.19. The van der Waals surface area contributed by atoms with Crippen LogP contribution < -0.4 is 5.32 Å². The largest absolute Gasteiger partial charge is 0.352 e. The van der Waals surface area contributed by atoms with Gasteiger partial charge in [0.15, 0.2) is 5.78 Å². The van der Waals surface area contributed by atoms with Crippen molar-refractivity contribution >= 4 is 44.5 Å². The molecule has 4 aromatic heterocycles. The van der Waals surface area contributed by atoms with Crippen molar-refractivity contribution in [2.75, 3.05) is 13.1 Å². The lowest BCUT2D eigenvalue weighted by molar-refractivity contribution is 0.102. The van der Waals surface area contributed by atoms with E-state index in [1.165, 1.54) is 22.5 Å². The molecule has 6 nitrogen and oxygen atoms in total. The summed E-state index contributed by atoms with van der Waals surface area (Å²) in [5.41, 5.74) is 7.44. The number of fused-ring (bicyclic) bond motifs is 2. The number of carbonyl (C=O) groups excluding carboxylic acids is 1. The van der Waals surface area contributed by atoms with Crippen molar-refractivity contribution in [1.29, 1.82) is 0 Å². The van der Waals surface area contributed by atoms with E-state index in [1.807, 2.05) is 24.5 Å². The van der Waals surface area contributed by atoms with Crippen LogP contribution in [0.1, 0.15) is 28.6 Å². The minimum absolute atomic E-state index is 0.0822. The molecule has 0 fully saturated rings. The highest BCUT2D eigenvalue weighted by Gasteiger charge is 2.16. The minimum Gasteiger partial charge on any atom is -0.352 e. The van der Waals surface area contributed by atoms with Gasteiger partial charge in [-0.3, -0.25) is 14.9 Å². The van der Waals surface area contributed by atoms with Crippen LogP contribution in [-0.2, 0) is 0 Å². The van der Waals surface area contributed by atoms with Gasteiger partial charge in [-0.15, -0.1) is 11.3 Å². The van der Waals surface area contributed by atoms with Crippen molar-refractivity contribution in [3.63, 3.8) is 0 Å². The van der Waals surface area contributed by atoms with Gasteiger partial charge in [-0.1, -0.05) is 12.1 Å². The smallest absolute Gasteiger partial charge is 0.169 e. The van der Waals surface area contributed by atoms with Crippen LogP contribution in [0.2, 0.25) is 0 Å². The van der Waals surface area contributed by atoms with E-state index < -0.39 is 0 Å². The summed E-state index contributed by atoms with van der Waals surface area (Å²) in [6.45, 7) is 3.52. The number of pyridine rings is 1. The van der Waals surface area contributed by atoms with E-state index in [1.54, 1.807) is 6.92 Å². The first-order chi connectivity index (χ1) is 15.7. The highest BCUT2D eigenvalue weighted by molar-refractivity contribution is 7.17. The Morgan fingerprint density at radius 3 is 2.81 bits per heavy atom. The van der Waals surface area contributed by atoms with Crippen LogP contribution in [0, 0.1) is 0 Å². The Morgan fingerprint density at radius 1 is 1.06 bits per heavy atom. The van der Waals surface area contributed by atoms with E-state index >= 15 is 0 Å². The summed E-state index contributed by atoms with van der Waals surface area (Å²) >= 11 is 1.50. The van der Waals surface area contributed by atoms with Gasteiger partial charge in [-0.25, -0.2) is 0 Å². The molecule has 0 amide bonds. The topological polar surface area (TPSA) is 86.5 Å². The molecule has 6 rings (SSSR count). The normalized spacial score (nSPS) is 14.2. The Morgan fingerprint density at radius 2 is 2.00 bits per heavy atom. The molecular weight excluding hydrogens is 418 g/mol. The molecule has 1 aromatic carbocycles. The van der Waals surface area contributed by atoms with E-state index in [4.69, 9.17) is 0 Å². The molecule has 158 valence electrons. The van der Waals surface area contributed by atoms with Gasteiger partial charge in [0.25, 0.3) is 0 Å². The summed E-state index contributed by atoms with van der Waals surface area (Å²) < 4.78 is 0. The predicted molar refractivity (Wildman–Crippen MR) is 130 cm³/mol. The maximum Gasteiger partial charge on any atom is 0.169 e. The number of Topliss-reactive ketones (excluding diaryl/α,β-unsaturated/α-hetero) is 1. The number of hydrogen-bond donors (Lipinski definition) is 3. The monoisotopic (exact) mass is 439 g/mol. The number of nitrogens with zero attached hydrogens (tertiary/aromatic N) is 2. The fourth-order valence-electron chi connectivity index (χ4n) is 4.35. The Kier molecular flexibility index (Phi) is 4.52. The van der Waals surface area contributed by atoms with Gasteiger partial charge in [0.2, 0.25) is 0 Å². The molecule has 0 unspecified atom stereocenters. The first-order valence-electron chi connectivity index (χ1n) is 10.6. The molecule has 5 heterocycles. The Labute approximate surface area is 188 Å². The molecule has 0 saturated heterocycles. The molecule has 0 spiro atoms. The molecular formula is C25H21N5OS. The van der Waals surface area contributed by atoms with Crippen LogP contribution in [0.4, 0.5) is 0 Å². The van der Waals surface area contributed by atoms with Crippen molar-refractivity contribution in [2.24, 2.45) is 0 Å². The summed E-state index contributed by atoms with van der Waals surface area (Å²) in [5.74, 6) is 0.0822. The average Bonchev–Trinajstić information content (AvgIpc) is 3.56. The van der Waals surface area contributed by atoms with E-state index in [2.05, 4.69) is 55.8 Å². The first kappa shape index (κ1) is 19.2. The third-order valence-corrected chi connectivity index (χ3v) is 7.24. The molecule has 1 aliphatic rings. The van der Waals surface area contributed by atoms with Crippen LogP contribution >= 0.6 is 11.3 Å². The van der Waals surface area contributed by atoms with Crippen molar-refractivity contribution in [3.05, 3.63) is 65.3 Å². The number of ketones is 1. The summed E-state index contributed by atoms with van der Waals surface area (Å²) in [7, 11) is 0. The van der Waals surface area contributed by atoms with E-state index in [-0.39, 0.29) is 5.78 Å². The highest BCUT2D eigenvalue weighted by Crippen LogP contribution is 2.37. The van der Waals surface area contributed by atoms with Crippen molar-refractivity contribution in [3.8, 4) is 21.8 Å². The lowest BCUT2D eigenvalue weighted by Gasteiger charge is -2.14. The van der Waals surface area contributed by atoms with Gasteiger partial charge in [0, 0.05) is 34.0 Å². The number of rotatable bonds is 4. The molecule has 32 heavy (non-hydrogen) atoms. The van der Waals surface area contributed by atoms with E-state index in [9.17, 15) is 4.79 Å². The second kappa shape index (κ2) is 7.55. The zero-order valence-electron chi connectivity index (χ0n) is 17.5. The summed E-state index contributed by atoms with van der Waals surface area (Å²) in [6.07, 6.45) is 6.99. The zero-order chi connectivity index (χ0) is 21.7. The van der Waals surface area contributed by atoms with Gasteiger partial charge in [-0.05, 0) is 61.4 Å². The van der Waals surface area contributed by atoms with Gasteiger partial charge in [0.05, 0.1) is 27.8 Å². The number of carbonyl (C=O) groups is 1. The summed E-state index contributed by atoms with van der Waals surface area (Å²) in [4.78, 5) is 21.5. The fraction of sp³-hybridized carbons (Fsp3) is 0.160. The van der Waals surface area contributed by atoms with Crippen molar-refractivity contribution in [2.45, 2.75) is 13.3 Å². The quantitative estimate of drug-likeness (QED) is 0.327. The maximum atomic E-state index is 11.7. The van der Waals surface area contributed by atoms with E-state index in [0.29, 0.717) is 0 Å². The molecule has 0 radical (unpaired) electrons. The van der Waals surface area contributed by atoms with Crippen LogP contribution in [0.15, 0.2) is 54.9 Å². The van der Waals surface area contributed by atoms with E-state index in [0.717, 1.165) is 68.0 Å². The highest BCUT2D eigenvalue weighted by atomic mass is 32.1. The standard InChI is InChI=1S/C25H21N5OS/c1-14(31)23-4-5-24(32-23)19-12-27-13-22-17(19)11-21(28-22)25-18-10-16(2-3-20(18)29-30-25)15-6-8-26-9-7-15/h2-6,10-13,26,28H,7-9H2,1H3,(H,29,30). The number of H-pyrrole nitrogens is 2. The van der Waals surface area contributed by atoms with Gasteiger partial charge >= 0.3 is 0 Å². The summed E-state index contributed by atoms with van der Waals surface area (Å²) in [6, 6.07) is 12.5. The van der Waals surface area contributed by atoms with Crippen LogP contribution in [0.5, 0.6) is 0 Å². The molecule has 0 atom stereocenters. The van der Waals surface area contributed by atoms with Crippen molar-refractivity contribution in [1.82, 2.24) is 25.5 Å². The number of thiophene rings is 1. The third kappa shape index (κ3) is 3.18. The molecule has 5 aromatic rings. The molecule has 0 saturated carbocycles. The van der Waals surface area contributed by atoms with Gasteiger partial charge in [-0.2, -0.15) is 5.10 Å². The number of aromatic nitrogens is 4. The Balaban J connectivity index is 1.47. The molecule has 7 heteroatoms. The number of benzene rings is 1. The van der Waals surface area contributed by atoms with Crippen LogP contribution in [0.25, 0.3) is 49.2 Å². The number of hydrogen-bond acceptors (Lipinski definition) is 5. The predicted octanol–water partition coefficient (Wildman–Crippen LogP) is 5.41. The fourth-order valence-corrected chi connectivity index (χ4v) is 5.28. The minimum atomic E-state index is 0.0822. The number of aromatic amines is 2. The second-order valence-corrected chi connectivity index (χ2v) is 9.15. The lowest BCUT2D eigenvalue weighted by atomic mass is 9.98. The summed E-state index contributed by atoms with van der Waals surface area (Å²) in [5, 5.41) is 13.3.